The molecule has 2 heterocycles. The van der Waals surface area contributed by atoms with Crippen molar-refractivity contribution >= 4 is 5.78 Å². The summed E-state index contributed by atoms with van der Waals surface area (Å²) in [5.41, 5.74) is 0. The third-order valence-electron chi connectivity index (χ3n) is 3.46. The van der Waals surface area contributed by atoms with Gasteiger partial charge in [-0.2, -0.15) is 4.98 Å². The maximum atomic E-state index is 11.6. The predicted octanol–water partition coefficient (Wildman–Crippen LogP) is 1.99. The first-order valence-corrected chi connectivity index (χ1v) is 6.67. The minimum Gasteiger partial charge on any atom is -0.338 e. The molecule has 1 unspecified atom stereocenters. The van der Waals surface area contributed by atoms with Crippen molar-refractivity contribution in [3.05, 3.63) is 11.7 Å². The van der Waals surface area contributed by atoms with Crippen LogP contribution >= 0.6 is 0 Å². The zero-order valence-electron chi connectivity index (χ0n) is 11.3. The molecule has 0 bridgehead atoms. The molecule has 1 fully saturated rings. The summed E-state index contributed by atoms with van der Waals surface area (Å²) in [4.78, 5) is 18.2. The van der Waals surface area contributed by atoms with Gasteiger partial charge in [-0.05, 0) is 6.42 Å². The van der Waals surface area contributed by atoms with Crippen LogP contribution in [0, 0.1) is 5.92 Å². The van der Waals surface area contributed by atoms with E-state index in [1.165, 1.54) is 0 Å². The number of likely N-dealkylation sites (tertiary alicyclic amines) is 1. The highest BCUT2D eigenvalue weighted by Crippen LogP contribution is 2.18. The van der Waals surface area contributed by atoms with E-state index in [0.717, 1.165) is 25.3 Å². The fourth-order valence-electron chi connectivity index (χ4n) is 2.24. The predicted molar refractivity (Wildman–Crippen MR) is 67.1 cm³/mol. The molecular formula is C13H21N3O2. The van der Waals surface area contributed by atoms with Crippen molar-refractivity contribution in [2.75, 3.05) is 13.1 Å². The normalized spacial score (nSPS) is 21.8. The van der Waals surface area contributed by atoms with Crippen molar-refractivity contribution in [2.24, 2.45) is 5.92 Å². The summed E-state index contributed by atoms with van der Waals surface area (Å²) in [6.07, 6.45) is 1.56. The molecule has 1 aromatic rings. The largest absolute Gasteiger partial charge is 0.338 e. The van der Waals surface area contributed by atoms with Gasteiger partial charge in [0.25, 0.3) is 0 Å². The van der Waals surface area contributed by atoms with Gasteiger partial charge >= 0.3 is 0 Å². The van der Waals surface area contributed by atoms with Gasteiger partial charge in [0, 0.05) is 31.3 Å². The summed E-state index contributed by atoms with van der Waals surface area (Å²) in [5.74, 6) is 2.26. The molecule has 5 heteroatoms. The molecule has 18 heavy (non-hydrogen) atoms. The lowest BCUT2D eigenvalue weighted by Gasteiger charge is -2.29. The Morgan fingerprint density at radius 2 is 2.28 bits per heavy atom. The van der Waals surface area contributed by atoms with E-state index in [1.807, 2.05) is 13.8 Å². The van der Waals surface area contributed by atoms with Crippen LogP contribution in [0.25, 0.3) is 0 Å². The third kappa shape index (κ3) is 2.96. The van der Waals surface area contributed by atoms with Gasteiger partial charge in [-0.25, -0.2) is 0 Å². The van der Waals surface area contributed by atoms with E-state index in [9.17, 15) is 4.79 Å². The van der Waals surface area contributed by atoms with Crippen LogP contribution in [-0.2, 0) is 11.3 Å². The molecule has 1 atom stereocenters. The maximum Gasteiger partial charge on any atom is 0.240 e. The van der Waals surface area contributed by atoms with Gasteiger partial charge in [0.05, 0.1) is 6.54 Å². The summed E-state index contributed by atoms with van der Waals surface area (Å²) in [6, 6.07) is 0. The number of piperidine rings is 1. The number of carbonyl (C=O) groups excluding carboxylic acids is 1. The average Bonchev–Trinajstić information content (AvgIpc) is 2.80. The molecule has 0 aliphatic carbocycles. The zero-order valence-corrected chi connectivity index (χ0v) is 11.3. The quantitative estimate of drug-likeness (QED) is 0.819. The maximum absolute atomic E-state index is 11.6. The van der Waals surface area contributed by atoms with E-state index in [4.69, 9.17) is 4.52 Å². The van der Waals surface area contributed by atoms with Crippen LogP contribution < -0.4 is 0 Å². The van der Waals surface area contributed by atoms with Crippen molar-refractivity contribution in [1.82, 2.24) is 15.0 Å². The topological polar surface area (TPSA) is 59.2 Å². The zero-order chi connectivity index (χ0) is 13.1. The molecule has 1 aromatic heterocycles. The Balaban J connectivity index is 1.94. The first-order valence-electron chi connectivity index (χ1n) is 6.67. The molecule has 0 spiro atoms. The molecule has 0 N–H and O–H groups in total. The number of rotatable bonds is 4. The minimum absolute atomic E-state index is 0.172. The van der Waals surface area contributed by atoms with Gasteiger partial charge in [0.15, 0.2) is 5.82 Å². The molecule has 0 radical (unpaired) electrons. The number of aromatic nitrogens is 2. The van der Waals surface area contributed by atoms with Crippen LogP contribution in [0.2, 0.25) is 0 Å². The average molecular weight is 251 g/mol. The Bertz CT molecular complexity index is 414. The fraction of sp³-hybridized carbons (Fsp3) is 0.769. The van der Waals surface area contributed by atoms with Crippen molar-refractivity contribution in [2.45, 2.75) is 46.1 Å². The summed E-state index contributed by atoms with van der Waals surface area (Å²) < 4.78 is 5.24. The number of Topliss-reactive ketones (excluding diaryl/α,β-unsaturated/α-hetero) is 1. The summed E-state index contributed by atoms with van der Waals surface area (Å²) in [5, 5.41) is 3.96. The second-order valence-corrected chi connectivity index (χ2v) is 5.26. The molecule has 2 rings (SSSR count). The minimum atomic E-state index is 0.172. The summed E-state index contributed by atoms with van der Waals surface area (Å²) >= 11 is 0. The van der Waals surface area contributed by atoms with Gasteiger partial charge in [-0.15, -0.1) is 0 Å². The highest BCUT2D eigenvalue weighted by Gasteiger charge is 2.26. The Labute approximate surface area is 108 Å². The SMILES string of the molecule is CCC1CN(Cc2nc(C(C)C)no2)CCC1=O. The van der Waals surface area contributed by atoms with E-state index < -0.39 is 0 Å². The monoisotopic (exact) mass is 251 g/mol. The Morgan fingerprint density at radius 1 is 1.50 bits per heavy atom. The lowest BCUT2D eigenvalue weighted by atomic mass is 9.94. The van der Waals surface area contributed by atoms with Crippen LogP contribution in [0.1, 0.15) is 51.2 Å². The number of carbonyl (C=O) groups is 1. The second kappa shape index (κ2) is 5.61. The molecule has 1 aliphatic rings. The fourth-order valence-corrected chi connectivity index (χ4v) is 2.24. The highest BCUT2D eigenvalue weighted by molar-refractivity contribution is 5.82. The van der Waals surface area contributed by atoms with Crippen molar-refractivity contribution in [1.29, 1.82) is 0 Å². The van der Waals surface area contributed by atoms with Gasteiger partial charge < -0.3 is 4.52 Å². The lowest BCUT2D eigenvalue weighted by molar-refractivity contribution is -0.126. The highest BCUT2D eigenvalue weighted by atomic mass is 16.5. The molecule has 100 valence electrons. The van der Waals surface area contributed by atoms with Gasteiger partial charge in [0.2, 0.25) is 5.89 Å². The first kappa shape index (κ1) is 13.2. The molecule has 0 saturated carbocycles. The van der Waals surface area contributed by atoms with Crippen LogP contribution in [0.4, 0.5) is 0 Å². The van der Waals surface area contributed by atoms with Crippen molar-refractivity contribution in [3.63, 3.8) is 0 Å². The van der Waals surface area contributed by atoms with E-state index in [-0.39, 0.29) is 11.8 Å². The second-order valence-electron chi connectivity index (χ2n) is 5.26. The molecule has 0 aromatic carbocycles. The smallest absolute Gasteiger partial charge is 0.240 e. The number of nitrogens with zero attached hydrogens (tertiary/aromatic N) is 3. The van der Waals surface area contributed by atoms with Crippen molar-refractivity contribution in [3.8, 4) is 0 Å². The first-order chi connectivity index (χ1) is 8.60. The van der Waals surface area contributed by atoms with E-state index in [1.54, 1.807) is 0 Å². The molecule has 1 saturated heterocycles. The van der Waals surface area contributed by atoms with Gasteiger partial charge in [0.1, 0.15) is 5.78 Å². The molecule has 1 aliphatic heterocycles. The molecule has 0 amide bonds. The number of hydrogen-bond donors (Lipinski definition) is 0. The Morgan fingerprint density at radius 3 is 2.89 bits per heavy atom. The standard InChI is InChI=1S/C13H21N3O2/c1-4-10-7-16(6-5-11(10)17)8-12-14-13(9(2)3)15-18-12/h9-10H,4-8H2,1-3H3. The van der Waals surface area contributed by atoms with Crippen LogP contribution in [-0.4, -0.2) is 33.9 Å². The molecule has 5 nitrogen and oxygen atoms in total. The van der Waals surface area contributed by atoms with E-state index in [0.29, 0.717) is 24.6 Å². The van der Waals surface area contributed by atoms with Gasteiger partial charge in [-0.3, -0.25) is 9.69 Å². The number of hydrogen-bond acceptors (Lipinski definition) is 5. The molecular weight excluding hydrogens is 230 g/mol. The van der Waals surface area contributed by atoms with E-state index >= 15 is 0 Å². The van der Waals surface area contributed by atoms with Gasteiger partial charge in [-0.1, -0.05) is 25.9 Å². The van der Waals surface area contributed by atoms with Crippen LogP contribution in [0.5, 0.6) is 0 Å². The third-order valence-corrected chi connectivity index (χ3v) is 3.46. The van der Waals surface area contributed by atoms with Crippen LogP contribution in [0.15, 0.2) is 4.52 Å². The lowest BCUT2D eigenvalue weighted by Crippen LogP contribution is -2.40. The van der Waals surface area contributed by atoms with E-state index in [2.05, 4.69) is 22.0 Å². The summed E-state index contributed by atoms with van der Waals surface area (Å²) in [6.45, 7) is 8.42. The number of ketones is 1. The Kier molecular flexibility index (Phi) is 4.11. The van der Waals surface area contributed by atoms with Crippen molar-refractivity contribution < 1.29 is 9.32 Å². The summed E-state index contributed by atoms with van der Waals surface area (Å²) in [7, 11) is 0. The Hall–Kier alpha value is -1.23. The van der Waals surface area contributed by atoms with Crippen LogP contribution in [0.3, 0.4) is 0 Å².